The fraction of sp³-hybridized carbons (Fsp3) is 0.440. The van der Waals surface area contributed by atoms with Gasteiger partial charge in [-0.2, -0.15) is 4.31 Å². The largest absolute Gasteiger partial charge is 0.493 e. The Hall–Kier alpha value is -3.05. The number of nitrogens with zero attached hydrogens (tertiary/aromatic N) is 2. The Morgan fingerprint density at radius 3 is 2.31 bits per heavy atom. The maximum absolute atomic E-state index is 13.3. The lowest BCUT2D eigenvalue weighted by Crippen LogP contribution is -2.53. The van der Waals surface area contributed by atoms with E-state index in [-0.39, 0.29) is 54.9 Å². The van der Waals surface area contributed by atoms with Gasteiger partial charge >= 0.3 is 5.97 Å². The van der Waals surface area contributed by atoms with Gasteiger partial charge in [0, 0.05) is 37.7 Å². The monoisotopic (exact) mass is 524 g/mol. The second-order valence-corrected chi connectivity index (χ2v) is 11.3. The molecule has 0 bridgehead atoms. The highest BCUT2D eigenvalue weighted by Crippen LogP contribution is 2.28. The Labute approximate surface area is 209 Å². The Balaban J connectivity index is 1.54. The van der Waals surface area contributed by atoms with E-state index in [4.69, 9.17) is 4.74 Å². The first-order chi connectivity index (χ1) is 16.8. The topological polar surface area (TPSA) is 104 Å². The summed E-state index contributed by atoms with van der Waals surface area (Å²) in [6.45, 7) is 6.04. The predicted molar refractivity (Wildman–Crippen MR) is 128 cm³/mol. The van der Waals surface area contributed by atoms with Crippen molar-refractivity contribution in [2.75, 3.05) is 32.8 Å². The van der Waals surface area contributed by atoms with Crippen molar-refractivity contribution >= 4 is 21.9 Å². The number of benzene rings is 2. The number of carbonyl (C=O) groups excluding carboxylic acids is 1. The van der Waals surface area contributed by atoms with E-state index in [1.807, 2.05) is 0 Å². The molecule has 0 aromatic heterocycles. The quantitative estimate of drug-likeness (QED) is 0.502. The van der Waals surface area contributed by atoms with E-state index in [1.165, 1.54) is 22.5 Å². The lowest BCUT2D eigenvalue weighted by atomic mass is 9.86. The van der Waals surface area contributed by atoms with Crippen LogP contribution in [0.25, 0.3) is 0 Å². The molecule has 0 spiro atoms. The summed E-state index contributed by atoms with van der Waals surface area (Å²) in [5.41, 5.74) is -0.333. The van der Waals surface area contributed by atoms with Gasteiger partial charge in [-0.3, -0.25) is 4.79 Å². The molecule has 1 amide bonds. The molecule has 1 aliphatic heterocycles. The third kappa shape index (κ3) is 6.19. The molecule has 8 nitrogen and oxygen atoms in total. The smallest absolute Gasteiger partial charge is 0.335 e. The van der Waals surface area contributed by atoms with Crippen molar-refractivity contribution in [2.24, 2.45) is 5.41 Å². The van der Waals surface area contributed by atoms with E-state index >= 15 is 0 Å². The molecule has 0 radical (unpaired) electrons. The number of hydrogen-bond donors (Lipinski definition) is 1. The molecule has 1 fully saturated rings. The van der Waals surface area contributed by atoms with Gasteiger partial charge in [0.05, 0.1) is 17.1 Å². The molecule has 36 heavy (non-hydrogen) atoms. The number of sulfonamides is 1. The number of carbonyl (C=O) groups is 2. The fourth-order valence-electron chi connectivity index (χ4n) is 4.08. The SMILES string of the molecule is Cc1ccc(S(=O)(=O)N2CCN(C(=O)C(C)(C)CCCOc3ccc(F)c(F)c3)CC2)cc1C(=O)O. The van der Waals surface area contributed by atoms with Crippen LogP contribution in [0.5, 0.6) is 5.75 Å². The minimum Gasteiger partial charge on any atom is -0.493 e. The van der Waals surface area contributed by atoms with Crippen LogP contribution >= 0.6 is 0 Å². The summed E-state index contributed by atoms with van der Waals surface area (Å²) in [5, 5.41) is 9.31. The van der Waals surface area contributed by atoms with Gasteiger partial charge in [0.15, 0.2) is 11.6 Å². The van der Waals surface area contributed by atoms with Crippen molar-refractivity contribution < 1.29 is 36.6 Å². The van der Waals surface area contributed by atoms with Crippen LogP contribution < -0.4 is 4.74 Å². The summed E-state index contributed by atoms with van der Waals surface area (Å²) in [4.78, 5) is 26.0. The van der Waals surface area contributed by atoms with Gasteiger partial charge < -0.3 is 14.7 Å². The lowest BCUT2D eigenvalue weighted by Gasteiger charge is -2.38. The molecule has 2 aromatic rings. The molecule has 3 rings (SSSR count). The minimum absolute atomic E-state index is 0.0693. The van der Waals surface area contributed by atoms with Crippen molar-refractivity contribution in [1.82, 2.24) is 9.21 Å². The maximum Gasteiger partial charge on any atom is 0.335 e. The highest BCUT2D eigenvalue weighted by atomic mass is 32.2. The molecule has 0 aliphatic carbocycles. The van der Waals surface area contributed by atoms with Crippen LogP contribution in [0.1, 0.15) is 42.6 Å². The number of rotatable bonds is 9. The van der Waals surface area contributed by atoms with Crippen LogP contribution in [0.3, 0.4) is 0 Å². The molecule has 2 aromatic carbocycles. The van der Waals surface area contributed by atoms with Gasteiger partial charge in [0.25, 0.3) is 0 Å². The summed E-state index contributed by atoms with van der Waals surface area (Å²) in [6.07, 6.45) is 0.987. The van der Waals surface area contributed by atoms with E-state index < -0.39 is 33.0 Å². The number of halogens is 2. The summed E-state index contributed by atoms with van der Waals surface area (Å²) >= 11 is 0. The number of ether oxygens (including phenoxy) is 1. The van der Waals surface area contributed by atoms with E-state index in [9.17, 15) is 31.9 Å². The second kappa shape index (κ2) is 10.9. The van der Waals surface area contributed by atoms with Gasteiger partial charge in [-0.25, -0.2) is 22.0 Å². The number of aryl methyl sites for hydroxylation is 1. The summed E-state index contributed by atoms with van der Waals surface area (Å²) in [7, 11) is -3.90. The van der Waals surface area contributed by atoms with Crippen LogP contribution in [-0.2, 0) is 14.8 Å². The minimum atomic E-state index is -3.90. The highest BCUT2D eigenvalue weighted by Gasteiger charge is 2.36. The average molecular weight is 525 g/mol. The third-order valence-electron chi connectivity index (χ3n) is 6.29. The van der Waals surface area contributed by atoms with E-state index in [0.29, 0.717) is 18.4 Å². The predicted octanol–water partition coefficient (Wildman–Crippen LogP) is 3.69. The normalized spacial score (nSPS) is 15.1. The Morgan fingerprint density at radius 2 is 1.69 bits per heavy atom. The van der Waals surface area contributed by atoms with Crippen molar-refractivity contribution in [3.05, 3.63) is 59.2 Å². The van der Waals surface area contributed by atoms with Crippen LogP contribution in [0.15, 0.2) is 41.3 Å². The number of piperazine rings is 1. The first kappa shape index (κ1) is 27.5. The van der Waals surface area contributed by atoms with Gasteiger partial charge in [-0.05, 0) is 49.6 Å². The van der Waals surface area contributed by atoms with Gasteiger partial charge in [0.2, 0.25) is 15.9 Å². The van der Waals surface area contributed by atoms with E-state index in [0.717, 1.165) is 18.2 Å². The molecule has 0 saturated carbocycles. The van der Waals surface area contributed by atoms with Crippen molar-refractivity contribution in [1.29, 1.82) is 0 Å². The van der Waals surface area contributed by atoms with Crippen LogP contribution in [-0.4, -0.2) is 67.4 Å². The fourth-order valence-corrected chi connectivity index (χ4v) is 5.53. The van der Waals surface area contributed by atoms with Crippen LogP contribution in [0, 0.1) is 24.0 Å². The Morgan fingerprint density at radius 1 is 1.03 bits per heavy atom. The number of amides is 1. The Kier molecular flexibility index (Phi) is 8.35. The van der Waals surface area contributed by atoms with Crippen LogP contribution in [0.4, 0.5) is 8.78 Å². The van der Waals surface area contributed by atoms with Crippen molar-refractivity contribution in [3.8, 4) is 5.75 Å². The maximum atomic E-state index is 13.3. The summed E-state index contributed by atoms with van der Waals surface area (Å²) in [5.74, 6) is -3.05. The molecule has 1 aliphatic rings. The summed E-state index contributed by atoms with van der Waals surface area (Å²) < 4.78 is 59.1. The number of carboxylic acid groups (broad SMARTS) is 1. The molecule has 1 N–H and O–H groups in total. The average Bonchev–Trinajstić information content (AvgIpc) is 2.83. The lowest BCUT2D eigenvalue weighted by molar-refractivity contribution is -0.142. The highest BCUT2D eigenvalue weighted by molar-refractivity contribution is 7.89. The van der Waals surface area contributed by atoms with E-state index in [1.54, 1.807) is 25.7 Å². The first-order valence-electron chi connectivity index (χ1n) is 11.5. The molecular weight excluding hydrogens is 494 g/mol. The first-order valence-corrected chi connectivity index (χ1v) is 13.0. The molecule has 1 heterocycles. The molecule has 0 atom stereocenters. The third-order valence-corrected chi connectivity index (χ3v) is 8.18. The van der Waals surface area contributed by atoms with Crippen molar-refractivity contribution in [2.45, 2.75) is 38.5 Å². The molecule has 11 heteroatoms. The number of aromatic carboxylic acids is 1. The zero-order chi connectivity index (χ0) is 26.7. The second-order valence-electron chi connectivity index (χ2n) is 9.39. The van der Waals surface area contributed by atoms with Gasteiger partial charge in [-0.1, -0.05) is 19.9 Å². The van der Waals surface area contributed by atoms with Gasteiger partial charge in [0.1, 0.15) is 5.75 Å². The molecule has 1 saturated heterocycles. The van der Waals surface area contributed by atoms with Crippen LogP contribution in [0.2, 0.25) is 0 Å². The Bertz CT molecular complexity index is 1240. The van der Waals surface area contributed by atoms with Gasteiger partial charge in [-0.15, -0.1) is 0 Å². The number of carboxylic acids is 1. The van der Waals surface area contributed by atoms with E-state index in [2.05, 4.69) is 0 Å². The van der Waals surface area contributed by atoms with Crippen molar-refractivity contribution in [3.63, 3.8) is 0 Å². The summed E-state index contributed by atoms with van der Waals surface area (Å²) in [6, 6.07) is 7.31. The zero-order valence-corrected chi connectivity index (χ0v) is 21.3. The standard InChI is InChI=1S/C25H30F2N2O6S/c1-17-5-7-19(16-20(17)23(30)31)36(33,34)29-12-10-28(11-13-29)24(32)25(2,3)9-4-14-35-18-6-8-21(26)22(27)15-18/h5-8,15-16H,4,9-14H2,1-3H3,(H,30,31). The molecule has 0 unspecified atom stereocenters. The number of hydrogen-bond acceptors (Lipinski definition) is 5. The molecule has 196 valence electrons. The zero-order valence-electron chi connectivity index (χ0n) is 20.5. The molecular formula is C25H30F2N2O6S.